The first kappa shape index (κ1) is 18.5. The first-order chi connectivity index (χ1) is 9.54. The molecule has 2 heterocycles. The maximum atomic E-state index is 4.45. The summed E-state index contributed by atoms with van der Waals surface area (Å²) in [5.41, 5.74) is 0. The van der Waals surface area contributed by atoms with Crippen molar-refractivity contribution < 1.29 is 32.7 Å². The van der Waals surface area contributed by atoms with Crippen LogP contribution >= 0.6 is 11.3 Å². The van der Waals surface area contributed by atoms with Gasteiger partial charge in [0, 0.05) is 16.7 Å². The number of hydrogen-bond acceptors (Lipinski definition) is 5. The molecule has 1 atom stereocenters. The Labute approximate surface area is 156 Å². The van der Waals surface area contributed by atoms with Crippen molar-refractivity contribution in [2.75, 3.05) is 5.32 Å². The Morgan fingerprint density at radius 3 is 2.67 bits per heavy atom. The maximum absolute atomic E-state index is 4.45. The minimum atomic E-state index is 0. The van der Waals surface area contributed by atoms with Crippen LogP contribution in [0.1, 0.15) is 43.7 Å². The Morgan fingerprint density at radius 1 is 1.29 bits per heavy atom. The minimum Gasteiger partial charge on any atom is -0.352 e. The van der Waals surface area contributed by atoms with Gasteiger partial charge in [-0.2, -0.15) is 18.8 Å². The van der Waals surface area contributed by atoms with Crippen LogP contribution in [0.25, 0.3) is 0 Å². The van der Waals surface area contributed by atoms with Crippen LogP contribution in [0.15, 0.2) is 17.5 Å². The number of hydrogen-bond donors (Lipinski definition) is 1. The average Bonchev–Trinajstić information content (AvgIpc) is 2.88. The van der Waals surface area contributed by atoms with Crippen LogP contribution < -0.4 is 5.32 Å². The van der Waals surface area contributed by atoms with Gasteiger partial charge < -0.3 is 11.2 Å². The van der Waals surface area contributed by atoms with Crippen molar-refractivity contribution in [1.29, 1.82) is 0 Å². The van der Waals surface area contributed by atoms with Gasteiger partial charge in [-0.05, 0) is 38.1 Å². The van der Waals surface area contributed by atoms with Gasteiger partial charge >= 0.3 is 32.7 Å². The number of nitrogens with zero attached hydrogens (tertiary/aromatic N) is 3. The molecule has 0 aromatic carbocycles. The molecule has 0 saturated heterocycles. The normalized spacial score (nSPS) is 11.6. The van der Waals surface area contributed by atoms with Gasteiger partial charge in [0.2, 0.25) is 5.95 Å². The van der Waals surface area contributed by atoms with Crippen LogP contribution in [0.5, 0.6) is 0 Å². The number of aromatic nitrogens is 3. The summed E-state index contributed by atoms with van der Waals surface area (Å²) in [6.07, 6.45) is 2.15. The molecule has 0 spiro atoms. The van der Waals surface area contributed by atoms with Crippen LogP contribution in [-0.2, 0) is 39.1 Å². The Balaban J connectivity index is 0.00000220. The molecule has 1 N–H and O–H groups in total. The first-order valence-corrected chi connectivity index (χ1v) is 7.74. The molecule has 2 rings (SSSR count). The van der Waals surface area contributed by atoms with E-state index in [1.807, 2.05) is 32.1 Å². The predicted molar refractivity (Wildman–Crippen MR) is 84.0 cm³/mol. The second kappa shape index (κ2) is 8.81. The fourth-order valence-electron chi connectivity index (χ4n) is 1.88. The smallest absolute Gasteiger partial charge is 0.352 e. The van der Waals surface area contributed by atoms with E-state index in [0.29, 0.717) is 12.0 Å². The quantitative estimate of drug-likeness (QED) is 0.780. The number of anilines is 1. The van der Waals surface area contributed by atoms with E-state index in [-0.39, 0.29) is 32.7 Å². The van der Waals surface area contributed by atoms with Crippen molar-refractivity contribution in [2.24, 2.45) is 0 Å². The summed E-state index contributed by atoms with van der Waals surface area (Å²) >= 11 is 1.81. The molecule has 4 nitrogen and oxygen atoms in total. The standard InChI is InChI=1S/C15H21N4S.Y/c1-10(2)14-17-12(4)18-15(19-14)16-11(3)7-8-13-6-5-9-20-13;/h5-6,9,11H,7-8H2,1-4H3,(H,16,17,18,19);/q-1;+3. The van der Waals surface area contributed by atoms with Crippen molar-refractivity contribution in [3.05, 3.63) is 40.0 Å². The summed E-state index contributed by atoms with van der Waals surface area (Å²) in [5.74, 6) is 3.30. The number of thiophene rings is 1. The van der Waals surface area contributed by atoms with Crippen molar-refractivity contribution in [3.63, 3.8) is 0 Å². The fraction of sp³-hybridized carbons (Fsp3) is 0.467. The number of rotatable bonds is 6. The topological polar surface area (TPSA) is 50.7 Å². The van der Waals surface area contributed by atoms with E-state index < -0.39 is 0 Å². The molecule has 6 heteroatoms. The van der Waals surface area contributed by atoms with Gasteiger partial charge in [0.05, 0.1) is 0 Å². The molecule has 0 aliphatic heterocycles. The van der Waals surface area contributed by atoms with E-state index in [2.05, 4.69) is 44.7 Å². The van der Waals surface area contributed by atoms with Crippen molar-refractivity contribution in [3.8, 4) is 0 Å². The van der Waals surface area contributed by atoms with Crippen LogP contribution in [0.2, 0.25) is 0 Å². The molecule has 0 saturated carbocycles. The number of aryl methyl sites for hydroxylation is 2. The SMILES string of the molecule is Cc1nc(NC(C)CCc2cccs2)nc([C-](C)C)n1.[Y+3]. The van der Waals surface area contributed by atoms with Crippen LogP contribution in [0.4, 0.5) is 5.95 Å². The average molecular weight is 378 g/mol. The maximum Gasteiger partial charge on any atom is 3.00 e. The van der Waals surface area contributed by atoms with Gasteiger partial charge in [0.15, 0.2) is 0 Å². The summed E-state index contributed by atoms with van der Waals surface area (Å²) in [4.78, 5) is 14.6. The Hall–Kier alpha value is -0.516. The zero-order valence-electron chi connectivity index (χ0n) is 13.1. The third-order valence-electron chi connectivity index (χ3n) is 2.97. The van der Waals surface area contributed by atoms with E-state index in [9.17, 15) is 0 Å². The van der Waals surface area contributed by atoms with Gasteiger partial charge in [-0.1, -0.05) is 6.07 Å². The van der Waals surface area contributed by atoms with E-state index in [0.717, 1.165) is 30.4 Å². The molecule has 2 aromatic heterocycles. The molecule has 0 aliphatic carbocycles. The molecule has 0 amide bonds. The third-order valence-corrected chi connectivity index (χ3v) is 3.91. The Bertz CT molecular complexity index is 543. The van der Waals surface area contributed by atoms with Gasteiger partial charge in [-0.3, -0.25) is 4.98 Å². The zero-order valence-corrected chi connectivity index (χ0v) is 16.7. The number of nitrogens with one attached hydrogen (secondary N) is 1. The van der Waals surface area contributed by atoms with Gasteiger partial charge in [0.25, 0.3) is 0 Å². The van der Waals surface area contributed by atoms with Gasteiger partial charge in [-0.25, -0.2) is 4.98 Å². The summed E-state index contributed by atoms with van der Waals surface area (Å²) in [6, 6.07) is 4.61. The fourth-order valence-corrected chi connectivity index (χ4v) is 2.60. The van der Waals surface area contributed by atoms with Crippen LogP contribution in [-0.4, -0.2) is 21.0 Å². The monoisotopic (exact) mass is 378 g/mol. The molecule has 0 bridgehead atoms. The molecule has 0 aliphatic rings. The van der Waals surface area contributed by atoms with Gasteiger partial charge in [0.1, 0.15) is 5.82 Å². The van der Waals surface area contributed by atoms with Crippen LogP contribution in [0.3, 0.4) is 0 Å². The summed E-state index contributed by atoms with van der Waals surface area (Å²) in [7, 11) is 0. The summed E-state index contributed by atoms with van der Waals surface area (Å²) in [6.45, 7) is 8.09. The second-order valence-corrected chi connectivity index (χ2v) is 6.23. The molecular formula is C15H21N4SY+2. The van der Waals surface area contributed by atoms with Crippen molar-refractivity contribution in [1.82, 2.24) is 15.0 Å². The molecule has 0 fully saturated rings. The van der Waals surface area contributed by atoms with Crippen molar-refractivity contribution in [2.45, 2.75) is 46.6 Å². The van der Waals surface area contributed by atoms with E-state index in [4.69, 9.17) is 0 Å². The molecule has 1 unspecified atom stereocenters. The molecule has 2 aromatic rings. The molecule has 0 radical (unpaired) electrons. The predicted octanol–water partition coefficient (Wildman–Crippen LogP) is 3.63. The second-order valence-electron chi connectivity index (χ2n) is 5.19. The Kier molecular flexibility index (Phi) is 7.78. The summed E-state index contributed by atoms with van der Waals surface area (Å²) in [5, 5.41) is 5.49. The molecule has 108 valence electrons. The van der Waals surface area contributed by atoms with E-state index >= 15 is 0 Å². The minimum absolute atomic E-state index is 0. The molecular weight excluding hydrogens is 357 g/mol. The van der Waals surface area contributed by atoms with Crippen molar-refractivity contribution >= 4 is 17.3 Å². The van der Waals surface area contributed by atoms with Gasteiger partial charge in [-0.15, -0.1) is 11.3 Å². The zero-order chi connectivity index (χ0) is 14.5. The summed E-state index contributed by atoms with van der Waals surface area (Å²) < 4.78 is 0. The van der Waals surface area contributed by atoms with Crippen LogP contribution in [0, 0.1) is 12.8 Å². The van der Waals surface area contributed by atoms with E-state index in [1.54, 1.807) is 0 Å². The Morgan fingerprint density at radius 2 is 2.05 bits per heavy atom. The third kappa shape index (κ3) is 6.01. The first-order valence-electron chi connectivity index (χ1n) is 6.86. The largest absolute Gasteiger partial charge is 3.00 e. The molecule has 21 heavy (non-hydrogen) atoms. The van der Waals surface area contributed by atoms with E-state index in [1.165, 1.54) is 4.88 Å².